The predicted molar refractivity (Wildman–Crippen MR) is 66.5 cm³/mol. The summed E-state index contributed by atoms with van der Waals surface area (Å²) < 4.78 is 26.3. The van der Waals surface area contributed by atoms with Gasteiger partial charge in [0.15, 0.2) is 17.4 Å². The molecule has 0 atom stereocenters. The molecule has 3 nitrogen and oxygen atoms in total. The molecule has 2 N–H and O–H groups in total. The summed E-state index contributed by atoms with van der Waals surface area (Å²) in [4.78, 5) is 0. The summed E-state index contributed by atoms with van der Waals surface area (Å²) in [7, 11) is 0. The molecule has 2 aromatic rings. The van der Waals surface area contributed by atoms with Crippen molar-refractivity contribution in [1.29, 1.82) is 5.26 Å². The summed E-state index contributed by atoms with van der Waals surface area (Å²) in [5, 5.41) is 20.8. The summed E-state index contributed by atoms with van der Waals surface area (Å²) in [5.41, 5.74) is 1.36. The number of hydrogen-bond donors (Lipinski definition) is 2. The first-order valence-electron chi connectivity index (χ1n) is 5.51. The Morgan fingerprint density at radius 3 is 2.42 bits per heavy atom. The summed E-state index contributed by atoms with van der Waals surface area (Å²) in [6, 6.07) is 10.9. The molecule has 0 aliphatic heterocycles. The minimum Gasteiger partial charge on any atom is -0.503 e. The summed E-state index contributed by atoms with van der Waals surface area (Å²) in [6.45, 7) is 0.146. The molecular weight excluding hydrogens is 250 g/mol. The zero-order valence-corrected chi connectivity index (χ0v) is 9.82. The fourth-order valence-corrected chi connectivity index (χ4v) is 1.65. The average molecular weight is 260 g/mol. The van der Waals surface area contributed by atoms with E-state index in [1.54, 1.807) is 24.3 Å². The fourth-order valence-electron chi connectivity index (χ4n) is 1.65. The molecule has 0 unspecified atom stereocenters. The predicted octanol–water partition coefficient (Wildman–Crippen LogP) is 3.15. The number of phenols is 1. The maximum Gasteiger partial charge on any atom is 0.187 e. The van der Waals surface area contributed by atoms with Crippen LogP contribution < -0.4 is 5.32 Å². The highest BCUT2D eigenvalue weighted by Gasteiger charge is 2.09. The number of rotatable bonds is 3. The molecule has 0 aliphatic carbocycles. The van der Waals surface area contributed by atoms with Gasteiger partial charge in [-0.05, 0) is 29.8 Å². The zero-order chi connectivity index (χ0) is 13.8. The molecule has 0 spiro atoms. The van der Waals surface area contributed by atoms with Crippen molar-refractivity contribution in [3.8, 4) is 11.8 Å². The van der Waals surface area contributed by atoms with Crippen molar-refractivity contribution in [2.75, 3.05) is 5.32 Å². The lowest BCUT2D eigenvalue weighted by Crippen LogP contribution is -2.02. The van der Waals surface area contributed by atoms with Crippen LogP contribution in [0.3, 0.4) is 0 Å². The lowest BCUT2D eigenvalue weighted by atomic mass is 10.1. The largest absolute Gasteiger partial charge is 0.503 e. The van der Waals surface area contributed by atoms with Crippen LogP contribution in [-0.2, 0) is 6.54 Å². The summed E-state index contributed by atoms with van der Waals surface area (Å²) in [6.07, 6.45) is 0. The van der Waals surface area contributed by atoms with Crippen LogP contribution in [0.2, 0.25) is 0 Å². The number of halogens is 2. The van der Waals surface area contributed by atoms with E-state index < -0.39 is 17.4 Å². The second kappa shape index (κ2) is 5.36. The molecule has 0 aromatic heterocycles. The molecule has 5 heteroatoms. The van der Waals surface area contributed by atoms with Gasteiger partial charge < -0.3 is 10.4 Å². The summed E-state index contributed by atoms with van der Waals surface area (Å²) in [5.74, 6) is -3.00. The van der Waals surface area contributed by atoms with Crippen LogP contribution in [0.5, 0.6) is 5.75 Å². The summed E-state index contributed by atoms with van der Waals surface area (Å²) >= 11 is 0. The van der Waals surface area contributed by atoms with Gasteiger partial charge in [0.05, 0.1) is 11.3 Å². The lowest BCUT2D eigenvalue weighted by molar-refractivity contribution is 0.395. The number of hydrogen-bond acceptors (Lipinski definition) is 3. The van der Waals surface area contributed by atoms with E-state index in [4.69, 9.17) is 10.4 Å². The number of benzene rings is 2. The van der Waals surface area contributed by atoms with E-state index in [1.807, 2.05) is 6.07 Å². The number of nitrogens with zero attached hydrogens (tertiary/aromatic N) is 1. The third-order valence-electron chi connectivity index (χ3n) is 2.61. The molecule has 96 valence electrons. The molecule has 19 heavy (non-hydrogen) atoms. The molecule has 2 rings (SSSR count). The van der Waals surface area contributed by atoms with Crippen molar-refractivity contribution >= 4 is 5.69 Å². The highest BCUT2D eigenvalue weighted by molar-refractivity contribution is 5.57. The van der Waals surface area contributed by atoms with Crippen LogP contribution in [0.1, 0.15) is 11.1 Å². The van der Waals surface area contributed by atoms with E-state index in [2.05, 4.69) is 5.32 Å². The Kier molecular flexibility index (Phi) is 3.62. The Morgan fingerprint density at radius 1 is 1.16 bits per heavy atom. The second-order valence-electron chi connectivity index (χ2n) is 3.92. The van der Waals surface area contributed by atoms with Crippen LogP contribution in [-0.4, -0.2) is 5.11 Å². The topological polar surface area (TPSA) is 56.0 Å². The average Bonchev–Trinajstić information content (AvgIpc) is 2.42. The van der Waals surface area contributed by atoms with E-state index in [1.165, 1.54) is 0 Å². The molecular formula is C14H10F2N2O. The SMILES string of the molecule is N#Cc1ccccc1NCc1cc(F)c(O)c(F)c1. The van der Waals surface area contributed by atoms with Gasteiger partial charge in [-0.2, -0.15) is 5.26 Å². The maximum atomic E-state index is 13.1. The van der Waals surface area contributed by atoms with Crippen molar-refractivity contribution in [2.24, 2.45) is 0 Å². The first kappa shape index (κ1) is 12.8. The van der Waals surface area contributed by atoms with Crippen molar-refractivity contribution in [3.05, 3.63) is 59.2 Å². The molecule has 2 aromatic carbocycles. The molecule has 0 saturated heterocycles. The molecule has 0 bridgehead atoms. The van der Waals surface area contributed by atoms with Crippen molar-refractivity contribution in [1.82, 2.24) is 0 Å². The number of anilines is 1. The first-order valence-corrected chi connectivity index (χ1v) is 5.51. The highest BCUT2D eigenvalue weighted by Crippen LogP contribution is 2.22. The number of aromatic hydroxyl groups is 1. The van der Waals surface area contributed by atoms with E-state index in [0.717, 1.165) is 12.1 Å². The second-order valence-corrected chi connectivity index (χ2v) is 3.92. The standard InChI is InChI=1S/C14H10F2N2O/c15-11-5-9(6-12(16)14(11)19)8-18-13-4-2-1-3-10(13)7-17/h1-6,18-19H,8H2. The van der Waals surface area contributed by atoms with Crippen LogP contribution >= 0.6 is 0 Å². The molecule has 0 aliphatic rings. The van der Waals surface area contributed by atoms with Crippen LogP contribution in [0, 0.1) is 23.0 Å². The highest BCUT2D eigenvalue weighted by atomic mass is 19.1. The van der Waals surface area contributed by atoms with Gasteiger partial charge in [0.2, 0.25) is 0 Å². The molecule has 0 amide bonds. The fraction of sp³-hybridized carbons (Fsp3) is 0.0714. The Morgan fingerprint density at radius 2 is 1.79 bits per heavy atom. The van der Waals surface area contributed by atoms with Gasteiger partial charge >= 0.3 is 0 Å². The van der Waals surface area contributed by atoms with E-state index in [0.29, 0.717) is 16.8 Å². The minimum absolute atomic E-state index is 0.146. The van der Waals surface area contributed by atoms with E-state index >= 15 is 0 Å². The smallest absolute Gasteiger partial charge is 0.187 e. The van der Waals surface area contributed by atoms with Gasteiger partial charge in [0, 0.05) is 6.54 Å². The number of para-hydroxylation sites is 1. The Labute approximate surface area is 108 Å². The molecule has 0 saturated carbocycles. The van der Waals surface area contributed by atoms with Gasteiger partial charge in [-0.3, -0.25) is 0 Å². The number of phenolic OH excluding ortho intramolecular Hbond substituents is 1. The third-order valence-corrected chi connectivity index (χ3v) is 2.61. The maximum absolute atomic E-state index is 13.1. The monoisotopic (exact) mass is 260 g/mol. The van der Waals surface area contributed by atoms with Gasteiger partial charge in [0.25, 0.3) is 0 Å². The van der Waals surface area contributed by atoms with Gasteiger partial charge in [-0.25, -0.2) is 8.78 Å². The zero-order valence-electron chi connectivity index (χ0n) is 9.82. The molecule has 0 fully saturated rings. The Hall–Kier alpha value is -2.61. The Bertz CT molecular complexity index is 627. The van der Waals surface area contributed by atoms with Crippen molar-refractivity contribution in [3.63, 3.8) is 0 Å². The number of nitriles is 1. The molecule has 0 radical (unpaired) electrons. The van der Waals surface area contributed by atoms with Gasteiger partial charge in [-0.15, -0.1) is 0 Å². The Balaban J connectivity index is 2.17. The first-order chi connectivity index (χ1) is 9.11. The number of nitrogens with one attached hydrogen (secondary N) is 1. The third kappa shape index (κ3) is 2.80. The van der Waals surface area contributed by atoms with Crippen LogP contribution in [0.15, 0.2) is 36.4 Å². The quantitative estimate of drug-likeness (QED) is 0.891. The van der Waals surface area contributed by atoms with Crippen LogP contribution in [0.4, 0.5) is 14.5 Å². The van der Waals surface area contributed by atoms with E-state index in [9.17, 15) is 8.78 Å². The normalized spacial score (nSPS) is 9.95. The van der Waals surface area contributed by atoms with Crippen molar-refractivity contribution < 1.29 is 13.9 Å². The minimum atomic E-state index is -1.01. The van der Waals surface area contributed by atoms with Crippen LogP contribution in [0.25, 0.3) is 0 Å². The lowest BCUT2D eigenvalue weighted by Gasteiger charge is -2.09. The molecule has 0 heterocycles. The van der Waals surface area contributed by atoms with E-state index in [-0.39, 0.29) is 6.54 Å². The van der Waals surface area contributed by atoms with Gasteiger partial charge in [-0.1, -0.05) is 12.1 Å². The van der Waals surface area contributed by atoms with Gasteiger partial charge in [0.1, 0.15) is 6.07 Å². The van der Waals surface area contributed by atoms with Crippen molar-refractivity contribution in [2.45, 2.75) is 6.54 Å².